The molecule has 92 valence electrons. The van der Waals surface area contributed by atoms with Crippen molar-refractivity contribution >= 4 is 11.7 Å². The summed E-state index contributed by atoms with van der Waals surface area (Å²) in [6.07, 6.45) is 3.51. The molecule has 1 fully saturated rings. The van der Waals surface area contributed by atoms with E-state index in [2.05, 4.69) is 10.4 Å². The number of nitrogens with one attached hydrogen (secondary N) is 1. The van der Waals surface area contributed by atoms with Crippen molar-refractivity contribution in [2.75, 3.05) is 5.32 Å². The van der Waals surface area contributed by atoms with Crippen molar-refractivity contribution in [3.8, 4) is 5.69 Å². The van der Waals surface area contributed by atoms with E-state index in [0.717, 1.165) is 12.8 Å². The number of aromatic nitrogens is 2. The van der Waals surface area contributed by atoms with Crippen molar-refractivity contribution in [3.63, 3.8) is 0 Å². The lowest BCUT2D eigenvalue weighted by molar-refractivity contribution is -0.117. The van der Waals surface area contributed by atoms with Gasteiger partial charge in [0, 0.05) is 12.0 Å². The summed E-state index contributed by atoms with van der Waals surface area (Å²) in [6.45, 7) is 0. The molecule has 18 heavy (non-hydrogen) atoms. The number of amides is 1. The van der Waals surface area contributed by atoms with E-state index in [4.69, 9.17) is 0 Å². The Balaban J connectivity index is 1.86. The zero-order chi connectivity index (χ0) is 12.5. The van der Waals surface area contributed by atoms with Crippen molar-refractivity contribution in [2.45, 2.75) is 12.8 Å². The number of rotatable bonds is 3. The average Bonchev–Trinajstić information content (AvgIpc) is 3.12. The minimum Gasteiger partial charge on any atom is -0.310 e. The van der Waals surface area contributed by atoms with Crippen LogP contribution in [0.15, 0.2) is 36.5 Å². The first-order valence-corrected chi connectivity index (χ1v) is 5.85. The normalized spacial score (nSPS) is 14.5. The van der Waals surface area contributed by atoms with E-state index in [9.17, 15) is 9.18 Å². The lowest BCUT2D eigenvalue weighted by Crippen LogP contribution is -2.16. The zero-order valence-electron chi connectivity index (χ0n) is 9.64. The van der Waals surface area contributed by atoms with Gasteiger partial charge in [0.25, 0.3) is 0 Å². The summed E-state index contributed by atoms with van der Waals surface area (Å²) in [4.78, 5) is 11.7. The second-order valence-electron chi connectivity index (χ2n) is 4.37. The number of carbonyl (C=O) groups is 1. The maximum atomic E-state index is 12.9. The van der Waals surface area contributed by atoms with E-state index in [0.29, 0.717) is 11.5 Å². The summed E-state index contributed by atoms with van der Waals surface area (Å²) in [5.74, 6) is 0.480. The van der Waals surface area contributed by atoms with E-state index in [1.54, 1.807) is 29.1 Å². The molecule has 0 bridgehead atoms. The molecule has 0 spiro atoms. The smallest absolute Gasteiger partial charge is 0.228 e. The van der Waals surface area contributed by atoms with Crippen molar-refractivity contribution in [1.29, 1.82) is 0 Å². The van der Waals surface area contributed by atoms with Crippen LogP contribution in [0, 0.1) is 11.7 Å². The van der Waals surface area contributed by atoms with Crippen LogP contribution >= 0.6 is 0 Å². The predicted octanol–water partition coefficient (Wildman–Crippen LogP) is 2.36. The van der Waals surface area contributed by atoms with E-state index in [1.807, 2.05) is 0 Å². The third-order valence-electron chi connectivity index (χ3n) is 2.91. The first-order chi connectivity index (χ1) is 8.74. The fraction of sp³-hybridized carbons (Fsp3) is 0.231. The van der Waals surface area contributed by atoms with Gasteiger partial charge in [-0.25, -0.2) is 9.07 Å². The molecule has 4 nitrogen and oxygen atoms in total. The summed E-state index contributed by atoms with van der Waals surface area (Å²) in [6, 6.07) is 7.70. The summed E-state index contributed by atoms with van der Waals surface area (Å²) in [5, 5.41) is 6.96. The molecule has 1 aliphatic rings. The molecule has 2 aromatic rings. The molecule has 0 radical (unpaired) electrons. The summed E-state index contributed by atoms with van der Waals surface area (Å²) in [5.41, 5.74) is 0.715. The molecule has 1 aromatic heterocycles. The summed E-state index contributed by atoms with van der Waals surface area (Å²) < 4.78 is 14.4. The van der Waals surface area contributed by atoms with Gasteiger partial charge < -0.3 is 5.32 Å². The van der Waals surface area contributed by atoms with Crippen molar-refractivity contribution in [3.05, 3.63) is 42.3 Å². The van der Waals surface area contributed by atoms with Gasteiger partial charge in [-0.05, 0) is 37.1 Å². The maximum Gasteiger partial charge on any atom is 0.228 e. The largest absolute Gasteiger partial charge is 0.310 e. The Morgan fingerprint density at radius 2 is 2.00 bits per heavy atom. The third kappa shape index (κ3) is 2.11. The van der Waals surface area contributed by atoms with Gasteiger partial charge in [-0.15, -0.1) is 0 Å². The number of halogens is 1. The first kappa shape index (κ1) is 11.0. The SMILES string of the molecule is O=C(Nc1ccnn1-c1ccc(F)cc1)C1CC1. The number of anilines is 1. The monoisotopic (exact) mass is 245 g/mol. The van der Waals surface area contributed by atoms with Crippen molar-refractivity contribution in [1.82, 2.24) is 9.78 Å². The van der Waals surface area contributed by atoms with Crippen LogP contribution in [0.2, 0.25) is 0 Å². The number of hydrogen-bond donors (Lipinski definition) is 1. The number of hydrogen-bond acceptors (Lipinski definition) is 2. The quantitative estimate of drug-likeness (QED) is 0.902. The maximum absolute atomic E-state index is 12.9. The molecule has 0 saturated heterocycles. The van der Waals surface area contributed by atoms with Crippen LogP contribution in [0.1, 0.15) is 12.8 Å². The molecule has 0 aliphatic heterocycles. The molecule has 1 saturated carbocycles. The van der Waals surface area contributed by atoms with Gasteiger partial charge in [0.05, 0.1) is 11.9 Å². The molecule has 1 aromatic carbocycles. The molecule has 1 N–H and O–H groups in total. The molecule has 5 heteroatoms. The van der Waals surface area contributed by atoms with Crippen LogP contribution < -0.4 is 5.32 Å². The molecule has 3 rings (SSSR count). The van der Waals surface area contributed by atoms with Gasteiger partial charge in [-0.3, -0.25) is 4.79 Å². The minimum atomic E-state index is -0.297. The highest BCUT2D eigenvalue weighted by Gasteiger charge is 2.30. The van der Waals surface area contributed by atoms with E-state index in [1.165, 1.54) is 12.1 Å². The lowest BCUT2D eigenvalue weighted by Gasteiger charge is -2.08. The van der Waals surface area contributed by atoms with Gasteiger partial charge in [0.2, 0.25) is 5.91 Å². The van der Waals surface area contributed by atoms with Gasteiger partial charge in [-0.2, -0.15) is 5.10 Å². The fourth-order valence-corrected chi connectivity index (χ4v) is 1.76. The minimum absolute atomic E-state index is 0.0267. The van der Waals surface area contributed by atoms with Crippen LogP contribution in [0.25, 0.3) is 5.69 Å². The second kappa shape index (κ2) is 4.25. The Labute approximate surface area is 103 Å². The molecule has 0 atom stereocenters. The average molecular weight is 245 g/mol. The van der Waals surface area contributed by atoms with Gasteiger partial charge in [0.1, 0.15) is 11.6 Å². The van der Waals surface area contributed by atoms with Gasteiger partial charge in [-0.1, -0.05) is 0 Å². The second-order valence-corrected chi connectivity index (χ2v) is 4.37. The van der Waals surface area contributed by atoms with Crippen molar-refractivity contribution in [2.24, 2.45) is 5.92 Å². The lowest BCUT2D eigenvalue weighted by atomic mass is 10.3. The van der Waals surface area contributed by atoms with E-state index >= 15 is 0 Å². The van der Waals surface area contributed by atoms with Gasteiger partial charge in [0.15, 0.2) is 0 Å². The highest BCUT2D eigenvalue weighted by Crippen LogP contribution is 2.30. The number of benzene rings is 1. The summed E-state index contributed by atoms with van der Waals surface area (Å²) in [7, 11) is 0. The van der Waals surface area contributed by atoms with Crippen LogP contribution in [0.5, 0.6) is 0 Å². The number of nitrogens with zero attached hydrogens (tertiary/aromatic N) is 2. The van der Waals surface area contributed by atoms with E-state index in [-0.39, 0.29) is 17.6 Å². The summed E-state index contributed by atoms with van der Waals surface area (Å²) >= 11 is 0. The van der Waals surface area contributed by atoms with Gasteiger partial charge >= 0.3 is 0 Å². The van der Waals surface area contributed by atoms with Crippen LogP contribution in [0.4, 0.5) is 10.2 Å². The van der Waals surface area contributed by atoms with Crippen LogP contribution in [0.3, 0.4) is 0 Å². The molecule has 1 amide bonds. The molecular weight excluding hydrogens is 233 g/mol. The van der Waals surface area contributed by atoms with Crippen LogP contribution in [-0.4, -0.2) is 15.7 Å². The molecule has 0 unspecified atom stereocenters. The van der Waals surface area contributed by atoms with E-state index < -0.39 is 0 Å². The third-order valence-corrected chi connectivity index (χ3v) is 2.91. The topological polar surface area (TPSA) is 46.9 Å². The molecule has 1 aliphatic carbocycles. The Bertz CT molecular complexity index is 572. The van der Waals surface area contributed by atoms with Crippen LogP contribution in [-0.2, 0) is 4.79 Å². The first-order valence-electron chi connectivity index (χ1n) is 5.85. The zero-order valence-corrected chi connectivity index (χ0v) is 9.64. The Morgan fingerprint density at radius 1 is 1.28 bits per heavy atom. The molecular formula is C13H12FN3O. The van der Waals surface area contributed by atoms with Crippen molar-refractivity contribution < 1.29 is 9.18 Å². The highest BCUT2D eigenvalue weighted by atomic mass is 19.1. The Morgan fingerprint density at radius 3 is 2.67 bits per heavy atom. The predicted molar refractivity (Wildman–Crippen MR) is 64.9 cm³/mol. The fourth-order valence-electron chi connectivity index (χ4n) is 1.76. The molecule has 1 heterocycles. The Kier molecular flexibility index (Phi) is 2.59. The Hall–Kier alpha value is -2.17. The number of carbonyl (C=O) groups excluding carboxylic acids is 1. The highest BCUT2D eigenvalue weighted by molar-refractivity contribution is 5.93. The standard InChI is InChI=1S/C13H12FN3O/c14-10-3-5-11(6-4-10)17-12(7-8-15-17)16-13(18)9-1-2-9/h3-9H,1-2H2,(H,16,18).